The molecule has 4 atom stereocenters. The Morgan fingerprint density at radius 3 is 2.84 bits per heavy atom. The van der Waals surface area contributed by atoms with Crippen LogP contribution in [0.3, 0.4) is 0 Å². The Hall–Kier alpha value is -3.80. The number of aromatic nitrogens is 3. The third-order valence-electron chi connectivity index (χ3n) is 7.26. The fourth-order valence-corrected chi connectivity index (χ4v) is 5.68. The number of ether oxygens (including phenoxy) is 1. The lowest BCUT2D eigenvalue weighted by molar-refractivity contribution is -0.126. The molecule has 5 rings (SSSR count). The van der Waals surface area contributed by atoms with Gasteiger partial charge in [-0.2, -0.15) is 10.4 Å². The van der Waals surface area contributed by atoms with E-state index in [2.05, 4.69) is 16.2 Å². The summed E-state index contributed by atoms with van der Waals surface area (Å²) in [6, 6.07) is 8.20. The van der Waals surface area contributed by atoms with Crippen molar-refractivity contribution in [1.29, 1.82) is 5.26 Å². The van der Waals surface area contributed by atoms with Gasteiger partial charge in [0.2, 0.25) is 0 Å². The summed E-state index contributed by atoms with van der Waals surface area (Å²) in [4.78, 5) is 32.2. The van der Waals surface area contributed by atoms with Crippen LogP contribution in [0.2, 0.25) is 0 Å². The van der Waals surface area contributed by atoms with Crippen LogP contribution in [0, 0.1) is 29.0 Å². The molecule has 1 saturated carbocycles. The summed E-state index contributed by atoms with van der Waals surface area (Å²) in [6.07, 6.45) is 7.17. The van der Waals surface area contributed by atoms with Crippen molar-refractivity contribution in [2.45, 2.75) is 70.6 Å². The molecular weight excluding hydrogens is 473 g/mol. The van der Waals surface area contributed by atoms with E-state index in [4.69, 9.17) is 4.74 Å². The summed E-state index contributed by atoms with van der Waals surface area (Å²) in [6.45, 7) is 5.40. The van der Waals surface area contributed by atoms with Gasteiger partial charge in [-0.05, 0) is 75.6 Å². The number of halogens is 1. The van der Waals surface area contributed by atoms with Crippen molar-refractivity contribution in [3.05, 3.63) is 54.2 Å². The lowest BCUT2D eigenvalue weighted by Gasteiger charge is -2.35. The number of hydrogen-bond acceptors (Lipinski definition) is 6. The first-order valence-electron chi connectivity index (χ1n) is 12.7. The molecule has 37 heavy (non-hydrogen) atoms. The fourth-order valence-electron chi connectivity index (χ4n) is 5.68. The first kappa shape index (κ1) is 24.9. The third kappa shape index (κ3) is 4.93. The number of likely N-dealkylation sites (tertiary alicyclic amines) is 1. The van der Waals surface area contributed by atoms with Gasteiger partial charge in [0.25, 0.3) is 0 Å². The highest BCUT2D eigenvalue weighted by Gasteiger charge is 2.52. The molecule has 1 amide bonds. The van der Waals surface area contributed by atoms with E-state index in [9.17, 15) is 14.9 Å². The average Bonchev–Trinajstić information content (AvgIpc) is 3.58. The largest absolute Gasteiger partial charge is 0.444 e. The van der Waals surface area contributed by atoms with Crippen molar-refractivity contribution in [3.8, 4) is 17.2 Å². The molecule has 1 saturated heterocycles. The van der Waals surface area contributed by atoms with E-state index in [1.54, 1.807) is 67.0 Å². The Morgan fingerprint density at radius 2 is 2.11 bits per heavy atom. The first-order chi connectivity index (χ1) is 17.6. The summed E-state index contributed by atoms with van der Waals surface area (Å²) >= 11 is 0. The Bertz CT molecular complexity index is 1390. The molecule has 2 aromatic heterocycles. The molecule has 0 N–H and O–H groups in total. The van der Waals surface area contributed by atoms with Crippen LogP contribution in [0.4, 0.5) is 9.18 Å². The molecule has 1 aliphatic heterocycles. The average molecular weight is 504 g/mol. The summed E-state index contributed by atoms with van der Waals surface area (Å²) in [5.41, 5.74) is 1.66. The normalized spacial score (nSPS) is 21.7. The first-order valence-corrected chi connectivity index (χ1v) is 12.7. The molecule has 2 bridgehead atoms. The molecule has 1 aliphatic carbocycles. The molecule has 3 aromatic rings. The number of nitrogens with zero attached hydrogens (tertiary/aromatic N) is 5. The Morgan fingerprint density at radius 1 is 1.30 bits per heavy atom. The maximum atomic E-state index is 15.1. The van der Waals surface area contributed by atoms with E-state index in [1.165, 1.54) is 6.07 Å². The van der Waals surface area contributed by atoms with Crippen LogP contribution in [0.1, 0.15) is 52.0 Å². The molecule has 9 heteroatoms. The highest BCUT2D eigenvalue weighted by molar-refractivity contribution is 5.89. The number of hydrogen-bond donors (Lipinski definition) is 0. The number of fused-ring (bicyclic) bond motifs is 3. The Labute approximate surface area is 215 Å². The van der Waals surface area contributed by atoms with Crippen LogP contribution < -0.4 is 0 Å². The molecule has 1 aromatic carbocycles. The second-order valence-corrected chi connectivity index (χ2v) is 11.0. The molecule has 192 valence electrons. The van der Waals surface area contributed by atoms with Gasteiger partial charge in [0.15, 0.2) is 11.4 Å². The smallest absolute Gasteiger partial charge is 0.411 e. The molecule has 3 heterocycles. The highest BCUT2D eigenvalue weighted by Crippen LogP contribution is 2.44. The quantitative estimate of drug-likeness (QED) is 0.471. The van der Waals surface area contributed by atoms with Gasteiger partial charge in [0.1, 0.15) is 11.4 Å². The highest BCUT2D eigenvalue weighted by atomic mass is 19.1. The molecule has 0 spiro atoms. The van der Waals surface area contributed by atoms with Crippen molar-refractivity contribution in [3.63, 3.8) is 0 Å². The molecule has 2 fully saturated rings. The number of piperidine rings is 1. The fraction of sp³-hybridized carbons (Fsp3) is 0.464. The van der Waals surface area contributed by atoms with Crippen LogP contribution in [0.5, 0.6) is 0 Å². The lowest BCUT2D eigenvalue weighted by atomic mass is 9.87. The summed E-state index contributed by atoms with van der Waals surface area (Å²) in [7, 11) is 0. The molecular formula is C28H30FN5O3. The standard InChI is InChI=1S/C28H30FN5O3/c1-28(2,3)37-27(36)34-21-8-7-20(13-21)25(34)24(35)12-17(15-30)11-19-6-5-18(14-23(19)29)22-16-32-33-10-4-9-31-26(22)33/h4-6,9-10,14,16-17,20-21,25H,7-8,11-13H2,1-3H3/t17-,20+,21-,25+/m1/s1. The van der Waals surface area contributed by atoms with Crippen LogP contribution in [0.15, 0.2) is 42.9 Å². The zero-order chi connectivity index (χ0) is 26.3. The minimum absolute atomic E-state index is 0.00580. The van der Waals surface area contributed by atoms with Crippen LogP contribution >= 0.6 is 0 Å². The summed E-state index contributed by atoms with van der Waals surface area (Å²) in [5.74, 6) is -1.22. The number of ketones is 1. The zero-order valence-electron chi connectivity index (χ0n) is 21.2. The van der Waals surface area contributed by atoms with Crippen LogP contribution in [-0.2, 0) is 16.0 Å². The van der Waals surface area contributed by atoms with Gasteiger partial charge >= 0.3 is 6.09 Å². The number of rotatable bonds is 6. The van der Waals surface area contributed by atoms with E-state index >= 15 is 4.39 Å². The second-order valence-electron chi connectivity index (χ2n) is 11.0. The minimum Gasteiger partial charge on any atom is -0.444 e. The van der Waals surface area contributed by atoms with Gasteiger partial charge in [-0.15, -0.1) is 0 Å². The van der Waals surface area contributed by atoms with E-state index < -0.39 is 29.5 Å². The van der Waals surface area contributed by atoms with Crippen molar-refractivity contribution in [1.82, 2.24) is 19.5 Å². The molecule has 2 aliphatic rings. The Kier molecular flexibility index (Phi) is 6.44. The molecule has 0 unspecified atom stereocenters. The number of carbonyl (C=O) groups excluding carboxylic acids is 2. The van der Waals surface area contributed by atoms with Gasteiger partial charge in [0, 0.05) is 30.4 Å². The number of amides is 1. The van der Waals surface area contributed by atoms with Gasteiger partial charge in [-0.1, -0.05) is 12.1 Å². The van der Waals surface area contributed by atoms with Gasteiger partial charge in [-0.25, -0.2) is 18.7 Å². The maximum absolute atomic E-state index is 15.1. The van der Waals surface area contributed by atoms with Gasteiger partial charge in [-0.3, -0.25) is 9.69 Å². The number of Topliss-reactive ketones (excluding diaryl/α,β-unsaturated/α-hetero) is 1. The van der Waals surface area contributed by atoms with Crippen LogP contribution in [0.25, 0.3) is 16.8 Å². The SMILES string of the molecule is CC(C)(C)OC(=O)N1[C@@H]2CC[C@@H](C2)[C@H]1C(=O)C[C@H](C#N)Cc1ccc(-c2cnn3cccnc23)cc1F. The van der Waals surface area contributed by atoms with E-state index in [0.717, 1.165) is 19.3 Å². The van der Waals surface area contributed by atoms with Crippen molar-refractivity contribution >= 4 is 17.5 Å². The minimum atomic E-state index is -0.703. The topological polar surface area (TPSA) is 101 Å². The second kappa shape index (κ2) is 9.58. The van der Waals surface area contributed by atoms with Gasteiger partial charge in [0.05, 0.1) is 24.2 Å². The van der Waals surface area contributed by atoms with Crippen molar-refractivity contribution in [2.24, 2.45) is 11.8 Å². The van der Waals surface area contributed by atoms with E-state index in [0.29, 0.717) is 22.3 Å². The third-order valence-corrected chi connectivity index (χ3v) is 7.26. The number of nitriles is 1. The van der Waals surface area contributed by atoms with Crippen LogP contribution in [-0.4, -0.2) is 49.1 Å². The Balaban J connectivity index is 1.30. The summed E-state index contributed by atoms with van der Waals surface area (Å²) in [5, 5.41) is 14.1. The monoisotopic (exact) mass is 503 g/mol. The maximum Gasteiger partial charge on any atom is 0.411 e. The molecule has 0 radical (unpaired) electrons. The number of carbonyl (C=O) groups is 2. The molecule has 8 nitrogen and oxygen atoms in total. The predicted molar refractivity (Wildman–Crippen MR) is 134 cm³/mol. The van der Waals surface area contributed by atoms with Crippen molar-refractivity contribution in [2.75, 3.05) is 0 Å². The van der Waals surface area contributed by atoms with Gasteiger partial charge < -0.3 is 4.74 Å². The van der Waals surface area contributed by atoms with E-state index in [-0.39, 0.29) is 30.6 Å². The number of benzene rings is 1. The predicted octanol–water partition coefficient (Wildman–Crippen LogP) is 4.96. The van der Waals surface area contributed by atoms with E-state index in [1.807, 2.05) is 0 Å². The van der Waals surface area contributed by atoms with Crippen molar-refractivity contribution < 1.29 is 18.7 Å². The lowest BCUT2D eigenvalue weighted by Crippen LogP contribution is -2.51. The zero-order valence-corrected chi connectivity index (χ0v) is 21.2. The summed E-state index contributed by atoms with van der Waals surface area (Å²) < 4.78 is 22.3.